The van der Waals surface area contributed by atoms with Gasteiger partial charge in [0.15, 0.2) is 5.82 Å². The number of aliphatic carboxylic acids is 1. The van der Waals surface area contributed by atoms with Crippen LogP contribution in [0.2, 0.25) is 0 Å². The van der Waals surface area contributed by atoms with E-state index in [1.165, 1.54) is 11.8 Å². The lowest BCUT2D eigenvalue weighted by atomic mass is 10.3. The highest BCUT2D eigenvalue weighted by molar-refractivity contribution is 8.01. The molecule has 80 valence electrons. The predicted molar refractivity (Wildman–Crippen MR) is 55.2 cm³/mol. The fourth-order valence-electron chi connectivity index (χ4n) is 1.32. The Morgan fingerprint density at radius 2 is 2.33 bits per heavy atom. The van der Waals surface area contributed by atoms with E-state index in [0.717, 1.165) is 12.2 Å². The molecule has 0 radical (unpaired) electrons. The molecule has 0 saturated carbocycles. The van der Waals surface area contributed by atoms with Crippen LogP contribution in [0, 0.1) is 0 Å². The van der Waals surface area contributed by atoms with Crippen LogP contribution in [0.3, 0.4) is 0 Å². The summed E-state index contributed by atoms with van der Waals surface area (Å²) in [5.74, 6) is -0.144. The summed E-state index contributed by atoms with van der Waals surface area (Å²) in [6, 6.07) is 0. The molecule has 0 fully saturated rings. The second-order valence-corrected chi connectivity index (χ2v) is 4.21. The van der Waals surface area contributed by atoms with E-state index >= 15 is 0 Å². The first-order valence-corrected chi connectivity index (χ1v) is 5.40. The van der Waals surface area contributed by atoms with Gasteiger partial charge in [0.1, 0.15) is 5.25 Å². The molecule has 1 aliphatic heterocycles. The summed E-state index contributed by atoms with van der Waals surface area (Å²) in [7, 11) is 0. The normalized spacial score (nSPS) is 19.6. The second kappa shape index (κ2) is 3.65. The Hall–Kier alpha value is -1.37. The van der Waals surface area contributed by atoms with Gasteiger partial charge in [-0.2, -0.15) is 9.78 Å². The Morgan fingerprint density at radius 1 is 1.60 bits per heavy atom. The van der Waals surface area contributed by atoms with Gasteiger partial charge < -0.3 is 5.11 Å². The van der Waals surface area contributed by atoms with Crippen LogP contribution in [0.4, 0.5) is 0 Å². The average Bonchev–Trinajstić information content (AvgIpc) is 2.58. The average molecular weight is 226 g/mol. The second-order valence-electron chi connectivity index (χ2n) is 3.14. The molecule has 1 unspecified atom stereocenters. The van der Waals surface area contributed by atoms with E-state index in [0.29, 0.717) is 10.9 Å². The lowest BCUT2D eigenvalue weighted by molar-refractivity contribution is -0.135. The highest BCUT2D eigenvalue weighted by Gasteiger charge is 2.30. The number of fused-ring (bicyclic) bond motifs is 1. The van der Waals surface area contributed by atoms with Gasteiger partial charge in [0.25, 0.3) is 0 Å². The first-order valence-electron chi connectivity index (χ1n) is 4.52. The Balaban J connectivity index is 2.42. The van der Waals surface area contributed by atoms with Crippen molar-refractivity contribution < 1.29 is 9.90 Å². The number of aryl methyl sites for hydroxylation is 1. The van der Waals surface area contributed by atoms with E-state index in [2.05, 4.69) is 15.3 Å². The molecule has 1 aromatic heterocycles. The molecule has 0 amide bonds. The molecular weight excluding hydrogens is 216 g/mol. The zero-order valence-electron chi connectivity index (χ0n) is 8.34. The molecular formula is C8H10N4O2S. The lowest BCUT2D eigenvalue weighted by Crippen LogP contribution is -2.28. The molecule has 1 aliphatic rings. The van der Waals surface area contributed by atoms with Crippen LogP contribution in [0.5, 0.6) is 0 Å². The SMILES string of the molecule is CCc1nnc2n1N=C(C)C(C(=O)O)S2. The maximum absolute atomic E-state index is 10.9. The fraction of sp³-hybridized carbons (Fsp3) is 0.500. The largest absolute Gasteiger partial charge is 0.480 e. The van der Waals surface area contributed by atoms with Crippen molar-refractivity contribution in [3.63, 3.8) is 0 Å². The summed E-state index contributed by atoms with van der Waals surface area (Å²) in [6.07, 6.45) is 0.724. The van der Waals surface area contributed by atoms with Gasteiger partial charge >= 0.3 is 5.97 Å². The molecule has 7 heteroatoms. The van der Waals surface area contributed by atoms with Crippen LogP contribution in [-0.2, 0) is 11.2 Å². The standard InChI is InChI=1S/C8H10N4O2S/c1-3-5-9-10-8-12(5)11-4(2)6(15-8)7(13)14/h6H,3H2,1-2H3,(H,13,14). The number of carboxylic acid groups (broad SMARTS) is 1. The number of hydrogen-bond donors (Lipinski definition) is 1. The van der Waals surface area contributed by atoms with Crippen molar-refractivity contribution in [2.75, 3.05) is 0 Å². The highest BCUT2D eigenvalue weighted by atomic mass is 32.2. The molecule has 0 saturated heterocycles. The van der Waals surface area contributed by atoms with Gasteiger partial charge in [-0.3, -0.25) is 4.79 Å². The van der Waals surface area contributed by atoms with Crippen molar-refractivity contribution >= 4 is 23.4 Å². The topological polar surface area (TPSA) is 80.4 Å². The van der Waals surface area contributed by atoms with Crippen molar-refractivity contribution in [2.45, 2.75) is 30.7 Å². The maximum Gasteiger partial charge on any atom is 0.322 e. The number of carbonyl (C=O) groups is 1. The van der Waals surface area contributed by atoms with E-state index in [-0.39, 0.29) is 0 Å². The van der Waals surface area contributed by atoms with E-state index in [1.54, 1.807) is 11.6 Å². The number of carboxylic acids is 1. The smallest absolute Gasteiger partial charge is 0.322 e. The summed E-state index contributed by atoms with van der Waals surface area (Å²) in [4.78, 5) is 10.9. The molecule has 1 N–H and O–H groups in total. The Morgan fingerprint density at radius 3 is 2.93 bits per heavy atom. The van der Waals surface area contributed by atoms with E-state index in [1.807, 2.05) is 6.92 Å². The van der Waals surface area contributed by atoms with Gasteiger partial charge in [-0.05, 0) is 6.92 Å². The van der Waals surface area contributed by atoms with Crippen LogP contribution < -0.4 is 0 Å². The first kappa shape index (κ1) is 10.2. The highest BCUT2D eigenvalue weighted by Crippen LogP contribution is 2.28. The first-order chi connectivity index (χ1) is 7.13. The van der Waals surface area contributed by atoms with Crippen LogP contribution in [0.1, 0.15) is 19.7 Å². The Bertz CT molecular complexity index is 440. The van der Waals surface area contributed by atoms with Crippen molar-refractivity contribution in [1.29, 1.82) is 0 Å². The minimum Gasteiger partial charge on any atom is -0.480 e. The molecule has 0 aromatic carbocycles. The molecule has 0 aliphatic carbocycles. The fourth-order valence-corrected chi connectivity index (χ4v) is 2.18. The van der Waals surface area contributed by atoms with Gasteiger partial charge in [0.2, 0.25) is 5.16 Å². The van der Waals surface area contributed by atoms with Crippen LogP contribution in [0.25, 0.3) is 0 Å². The molecule has 1 aromatic rings. The molecule has 2 rings (SSSR count). The summed E-state index contributed by atoms with van der Waals surface area (Å²) in [6.45, 7) is 3.66. The van der Waals surface area contributed by atoms with Gasteiger partial charge in [-0.1, -0.05) is 18.7 Å². The number of aromatic nitrogens is 3. The third-order valence-corrected chi connectivity index (χ3v) is 3.32. The third kappa shape index (κ3) is 1.63. The predicted octanol–water partition coefficient (Wildman–Crippen LogP) is 0.623. The molecule has 0 bridgehead atoms. The lowest BCUT2D eigenvalue weighted by Gasteiger charge is -2.16. The van der Waals surface area contributed by atoms with E-state index in [9.17, 15) is 4.79 Å². The van der Waals surface area contributed by atoms with Crippen molar-refractivity contribution in [1.82, 2.24) is 14.9 Å². The summed E-state index contributed by atoms with van der Waals surface area (Å²) >= 11 is 1.17. The Kier molecular flexibility index (Phi) is 2.47. The minimum absolute atomic E-state index is 0.546. The van der Waals surface area contributed by atoms with Crippen LogP contribution in [0.15, 0.2) is 10.3 Å². The van der Waals surface area contributed by atoms with Gasteiger partial charge in [0.05, 0.1) is 5.71 Å². The van der Waals surface area contributed by atoms with Crippen LogP contribution >= 0.6 is 11.8 Å². The van der Waals surface area contributed by atoms with Crippen LogP contribution in [-0.4, -0.2) is 36.9 Å². The number of thioether (sulfide) groups is 1. The summed E-state index contributed by atoms with van der Waals surface area (Å²) in [5, 5.41) is 20.9. The van der Waals surface area contributed by atoms with Crippen molar-refractivity contribution in [3.8, 4) is 0 Å². The molecule has 2 heterocycles. The van der Waals surface area contributed by atoms with E-state index < -0.39 is 11.2 Å². The Labute approximate surface area is 90.4 Å². The summed E-state index contributed by atoms with van der Waals surface area (Å²) < 4.78 is 1.61. The van der Waals surface area contributed by atoms with Crippen molar-refractivity contribution in [3.05, 3.63) is 5.82 Å². The van der Waals surface area contributed by atoms with Gasteiger partial charge in [-0.15, -0.1) is 10.2 Å². The third-order valence-electron chi connectivity index (χ3n) is 2.08. The molecule has 6 nitrogen and oxygen atoms in total. The number of rotatable bonds is 2. The zero-order valence-corrected chi connectivity index (χ0v) is 9.15. The van der Waals surface area contributed by atoms with Gasteiger partial charge in [0, 0.05) is 6.42 Å². The molecule has 1 atom stereocenters. The molecule has 0 spiro atoms. The quantitative estimate of drug-likeness (QED) is 0.799. The van der Waals surface area contributed by atoms with Gasteiger partial charge in [-0.25, -0.2) is 0 Å². The number of hydrogen-bond acceptors (Lipinski definition) is 5. The summed E-state index contributed by atoms with van der Waals surface area (Å²) in [5.41, 5.74) is 0.564. The monoisotopic (exact) mass is 226 g/mol. The maximum atomic E-state index is 10.9. The minimum atomic E-state index is -0.895. The van der Waals surface area contributed by atoms with E-state index in [4.69, 9.17) is 5.11 Å². The van der Waals surface area contributed by atoms with Crippen molar-refractivity contribution in [2.24, 2.45) is 5.10 Å². The zero-order chi connectivity index (χ0) is 11.0. The molecule has 15 heavy (non-hydrogen) atoms. The number of nitrogens with zero attached hydrogens (tertiary/aromatic N) is 4.